The number of hydrogen-bond donors (Lipinski definition) is 1. The summed E-state index contributed by atoms with van der Waals surface area (Å²) in [4.78, 5) is 6.52. The molecule has 2 rings (SSSR count). The summed E-state index contributed by atoms with van der Waals surface area (Å²) in [5.74, 6) is 0. The van der Waals surface area contributed by atoms with Crippen molar-refractivity contribution in [2.45, 2.75) is 33.4 Å². The Hall–Kier alpha value is -1.87. The van der Waals surface area contributed by atoms with Crippen LogP contribution in [0.5, 0.6) is 0 Å². The second-order valence-corrected chi connectivity index (χ2v) is 5.23. The standard InChI is InChI=1S/C18H25N3/c1-4-21(5-2)18-10-8-16(9-11-18)13-20-15(3)17-7-6-12-19-14-17/h6-12,14-15,20H,4-5,13H2,1-3H3/t15-/m1/s1. The molecule has 112 valence electrons. The van der Waals surface area contributed by atoms with Gasteiger partial charge in [-0.05, 0) is 50.1 Å². The zero-order chi connectivity index (χ0) is 15.1. The van der Waals surface area contributed by atoms with Crippen molar-refractivity contribution in [3.05, 3.63) is 59.9 Å². The highest BCUT2D eigenvalue weighted by Gasteiger charge is 2.05. The molecular weight excluding hydrogens is 258 g/mol. The van der Waals surface area contributed by atoms with Gasteiger partial charge >= 0.3 is 0 Å². The van der Waals surface area contributed by atoms with Crippen LogP contribution in [0.1, 0.15) is 37.9 Å². The minimum atomic E-state index is 0.307. The Labute approximate surface area is 128 Å². The fourth-order valence-electron chi connectivity index (χ4n) is 2.43. The van der Waals surface area contributed by atoms with Crippen LogP contribution < -0.4 is 10.2 Å². The number of hydrogen-bond acceptors (Lipinski definition) is 3. The van der Waals surface area contributed by atoms with Crippen molar-refractivity contribution < 1.29 is 0 Å². The highest BCUT2D eigenvalue weighted by atomic mass is 15.1. The molecule has 1 aromatic heterocycles. The fraction of sp³-hybridized carbons (Fsp3) is 0.389. The third-order valence-electron chi connectivity index (χ3n) is 3.86. The van der Waals surface area contributed by atoms with E-state index in [0.717, 1.165) is 19.6 Å². The molecule has 0 unspecified atom stereocenters. The van der Waals surface area contributed by atoms with Crippen LogP contribution >= 0.6 is 0 Å². The minimum Gasteiger partial charge on any atom is -0.372 e. The summed E-state index contributed by atoms with van der Waals surface area (Å²) in [6, 6.07) is 13.2. The van der Waals surface area contributed by atoms with Crippen molar-refractivity contribution in [1.29, 1.82) is 0 Å². The van der Waals surface area contributed by atoms with Crippen molar-refractivity contribution in [1.82, 2.24) is 10.3 Å². The van der Waals surface area contributed by atoms with Crippen molar-refractivity contribution >= 4 is 5.69 Å². The molecule has 1 N–H and O–H groups in total. The van der Waals surface area contributed by atoms with Gasteiger partial charge in [-0.2, -0.15) is 0 Å². The van der Waals surface area contributed by atoms with Crippen molar-refractivity contribution in [3.63, 3.8) is 0 Å². The Bertz CT molecular complexity index is 518. The fourth-order valence-corrected chi connectivity index (χ4v) is 2.43. The quantitative estimate of drug-likeness (QED) is 0.838. The van der Waals surface area contributed by atoms with Gasteiger partial charge in [-0.3, -0.25) is 4.98 Å². The average molecular weight is 283 g/mol. The van der Waals surface area contributed by atoms with Gasteiger partial charge in [-0.15, -0.1) is 0 Å². The third-order valence-corrected chi connectivity index (χ3v) is 3.86. The number of pyridine rings is 1. The van der Waals surface area contributed by atoms with Crippen LogP contribution in [0.3, 0.4) is 0 Å². The molecular formula is C18H25N3. The van der Waals surface area contributed by atoms with E-state index >= 15 is 0 Å². The lowest BCUT2D eigenvalue weighted by molar-refractivity contribution is 0.573. The summed E-state index contributed by atoms with van der Waals surface area (Å²) in [5.41, 5.74) is 3.82. The van der Waals surface area contributed by atoms with Crippen LogP contribution in [0.25, 0.3) is 0 Å². The number of aromatic nitrogens is 1. The average Bonchev–Trinajstić information content (AvgIpc) is 2.55. The van der Waals surface area contributed by atoms with E-state index in [2.05, 4.69) is 66.3 Å². The summed E-state index contributed by atoms with van der Waals surface area (Å²) < 4.78 is 0. The first-order valence-electron chi connectivity index (χ1n) is 7.71. The first-order chi connectivity index (χ1) is 10.2. The molecule has 0 aliphatic carbocycles. The van der Waals surface area contributed by atoms with Gasteiger partial charge in [0.1, 0.15) is 0 Å². The summed E-state index contributed by atoms with van der Waals surface area (Å²) in [6.07, 6.45) is 3.73. The highest BCUT2D eigenvalue weighted by Crippen LogP contribution is 2.16. The molecule has 1 aromatic carbocycles. The van der Waals surface area contributed by atoms with Crippen LogP contribution in [0.2, 0.25) is 0 Å². The van der Waals surface area contributed by atoms with E-state index in [1.165, 1.54) is 16.8 Å². The number of nitrogens with zero attached hydrogens (tertiary/aromatic N) is 2. The number of benzene rings is 1. The van der Waals surface area contributed by atoms with Crippen LogP contribution in [0, 0.1) is 0 Å². The second kappa shape index (κ2) is 7.79. The SMILES string of the molecule is CCN(CC)c1ccc(CN[C@H](C)c2cccnc2)cc1. The number of anilines is 1. The molecule has 21 heavy (non-hydrogen) atoms. The molecule has 0 fully saturated rings. The van der Waals surface area contributed by atoms with E-state index in [1.54, 1.807) is 0 Å². The summed E-state index contributed by atoms with van der Waals surface area (Å²) in [6.45, 7) is 9.51. The summed E-state index contributed by atoms with van der Waals surface area (Å²) in [5, 5.41) is 3.54. The zero-order valence-electron chi connectivity index (χ0n) is 13.2. The van der Waals surface area contributed by atoms with Gasteiger partial charge in [0.2, 0.25) is 0 Å². The summed E-state index contributed by atoms with van der Waals surface area (Å²) >= 11 is 0. The van der Waals surface area contributed by atoms with Crippen LogP contribution in [-0.4, -0.2) is 18.1 Å². The third kappa shape index (κ3) is 4.30. The number of rotatable bonds is 7. The van der Waals surface area contributed by atoms with E-state index in [-0.39, 0.29) is 0 Å². The largest absolute Gasteiger partial charge is 0.372 e. The summed E-state index contributed by atoms with van der Waals surface area (Å²) in [7, 11) is 0. The lowest BCUT2D eigenvalue weighted by atomic mass is 10.1. The van der Waals surface area contributed by atoms with Gasteiger partial charge in [0.25, 0.3) is 0 Å². The lowest BCUT2D eigenvalue weighted by Crippen LogP contribution is -2.22. The van der Waals surface area contributed by atoms with E-state index in [1.807, 2.05) is 18.5 Å². The molecule has 0 radical (unpaired) electrons. The van der Waals surface area contributed by atoms with E-state index < -0.39 is 0 Å². The second-order valence-electron chi connectivity index (χ2n) is 5.23. The lowest BCUT2D eigenvalue weighted by Gasteiger charge is -2.21. The van der Waals surface area contributed by atoms with Gasteiger partial charge in [-0.25, -0.2) is 0 Å². The molecule has 0 spiro atoms. The van der Waals surface area contributed by atoms with Gasteiger partial charge in [0.05, 0.1) is 0 Å². The van der Waals surface area contributed by atoms with Crippen LogP contribution in [0.4, 0.5) is 5.69 Å². The molecule has 3 heteroatoms. The molecule has 1 heterocycles. The van der Waals surface area contributed by atoms with Crippen LogP contribution in [-0.2, 0) is 6.54 Å². The zero-order valence-corrected chi connectivity index (χ0v) is 13.2. The maximum atomic E-state index is 4.17. The first kappa shape index (κ1) is 15.5. The molecule has 2 aromatic rings. The Balaban J connectivity index is 1.92. The molecule has 3 nitrogen and oxygen atoms in total. The van der Waals surface area contributed by atoms with Gasteiger partial charge < -0.3 is 10.2 Å². The molecule has 0 saturated carbocycles. The Morgan fingerprint density at radius 3 is 2.38 bits per heavy atom. The Morgan fingerprint density at radius 2 is 1.81 bits per heavy atom. The number of nitrogens with one attached hydrogen (secondary N) is 1. The monoisotopic (exact) mass is 283 g/mol. The normalized spacial score (nSPS) is 12.1. The smallest absolute Gasteiger partial charge is 0.0366 e. The topological polar surface area (TPSA) is 28.2 Å². The predicted octanol–water partition coefficient (Wildman–Crippen LogP) is 3.78. The van der Waals surface area contributed by atoms with Gasteiger partial charge in [0, 0.05) is 43.8 Å². The Kier molecular flexibility index (Phi) is 5.76. The van der Waals surface area contributed by atoms with Crippen molar-refractivity contribution in [2.24, 2.45) is 0 Å². The molecule has 0 aliphatic rings. The first-order valence-corrected chi connectivity index (χ1v) is 7.71. The van der Waals surface area contributed by atoms with Gasteiger partial charge in [0.15, 0.2) is 0 Å². The molecule has 0 amide bonds. The van der Waals surface area contributed by atoms with Crippen LogP contribution in [0.15, 0.2) is 48.8 Å². The maximum Gasteiger partial charge on any atom is 0.0366 e. The maximum absolute atomic E-state index is 4.17. The molecule has 0 saturated heterocycles. The molecule has 0 bridgehead atoms. The van der Waals surface area contributed by atoms with Gasteiger partial charge in [-0.1, -0.05) is 18.2 Å². The molecule has 0 aliphatic heterocycles. The predicted molar refractivity (Wildman–Crippen MR) is 89.5 cm³/mol. The minimum absolute atomic E-state index is 0.307. The Morgan fingerprint density at radius 1 is 1.10 bits per heavy atom. The molecule has 1 atom stereocenters. The van der Waals surface area contributed by atoms with E-state index in [0.29, 0.717) is 6.04 Å². The van der Waals surface area contributed by atoms with Crippen molar-refractivity contribution in [2.75, 3.05) is 18.0 Å². The van der Waals surface area contributed by atoms with E-state index in [4.69, 9.17) is 0 Å². The van der Waals surface area contributed by atoms with Crippen molar-refractivity contribution in [3.8, 4) is 0 Å². The highest BCUT2D eigenvalue weighted by molar-refractivity contribution is 5.47. The van der Waals surface area contributed by atoms with E-state index in [9.17, 15) is 0 Å².